The molecule has 1 unspecified atom stereocenters. The van der Waals surface area contributed by atoms with Crippen molar-refractivity contribution in [3.05, 3.63) is 28.8 Å². The fourth-order valence-electron chi connectivity index (χ4n) is 4.00. The van der Waals surface area contributed by atoms with Crippen LogP contribution in [0.1, 0.15) is 55.8 Å². The van der Waals surface area contributed by atoms with Crippen molar-refractivity contribution in [2.75, 3.05) is 19.7 Å². The highest BCUT2D eigenvalue weighted by atomic mass is 35.5. The number of hydrogen-bond acceptors (Lipinski definition) is 6. The van der Waals surface area contributed by atoms with E-state index in [1.165, 1.54) is 16.4 Å². The summed E-state index contributed by atoms with van der Waals surface area (Å²) in [5.41, 5.74) is -0.0544. The fraction of sp³-hybridized carbons (Fsp3) is 0.571. The van der Waals surface area contributed by atoms with Crippen molar-refractivity contribution in [2.45, 2.75) is 56.4 Å². The maximum Gasteiger partial charge on any atom is 0.338 e. The third kappa shape index (κ3) is 6.20. The van der Waals surface area contributed by atoms with Crippen LogP contribution in [-0.4, -0.2) is 56.4 Å². The van der Waals surface area contributed by atoms with E-state index < -0.39 is 34.5 Å². The van der Waals surface area contributed by atoms with Gasteiger partial charge in [-0.25, -0.2) is 18.0 Å². The molecule has 1 saturated heterocycles. The second-order valence-corrected chi connectivity index (χ2v) is 10.6. The van der Waals surface area contributed by atoms with E-state index in [1.807, 2.05) is 6.92 Å². The van der Waals surface area contributed by atoms with Crippen LogP contribution in [0.5, 0.6) is 0 Å². The van der Waals surface area contributed by atoms with Crippen LogP contribution in [0.15, 0.2) is 23.1 Å². The van der Waals surface area contributed by atoms with Crippen molar-refractivity contribution in [2.24, 2.45) is 5.92 Å². The molecule has 1 atom stereocenters. The van der Waals surface area contributed by atoms with Gasteiger partial charge in [0.15, 0.2) is 6.61 Å². The van der Waals surface area contributed by atoms with Gasteiger partial charge >= 0.3 is 12.0 Å². The standard InChI is InChI=1S/C21H28ClN3O6S/c1-14-5-4-10-25(12-14)32(29,30)18-11-15(8-9-17(18)22)20(27)31-13-19(26)24-21(28)23-16-6-2-3-7-16/h8-9,11,14,16H,2-7,10,12-13H2,1H3,(H2,23,24,26,28). The number of imide groups is 1. The summed E-state index contributed by atoms with van der Waals surface area (Å²) in [6.45, 7) is 2.08. The average Bonchev–Trinajstić information content (AvgIpc) is 3.25. The molecule has 3 rings (SSSR count). The number of rotatable bonds is 6. The summed E-state index contributed by atoms with van der Waals surface area (Å²) in [4.78, 5) is 35.9. The first-order valence-electron chi connectivity index (χ1n) is 10.7. The van der Waals surface area contributed by atoms with Crippen molar-refractivity contribution in [1.82, 2.24) is 14.9 Å². The van der Waals surface area contributed by atoms with Gasteiger partial charge in [-0.3, -0.25) is 10.1 Å². The van der Waals surface area contributed by atoms with Crippen LogP contribution >= 0.6 is 11.6 Å². The maximum atomic E-state index is 13.0. The highest BCUT2D eigenvalue weighted by Gasteiger charge is 2.31. The van der Waals surface area contributed by atoms with Gasteiger partial charge in [0.25, 0.3) is 5.91 Å². The Morgan fingerprint density at radius 1 is 1.16 bits per heavy atom. The Morgan fingerprint density at radius 2 is 1.88 bits per heavy atom. The van der Waals surface area contributed by atoms with E-state index in [1.54, 1.807) is 0 Å². The van der Waals surface area contributed by atoms with Crippen LogP contribution in [0.4, 0.5) is 4.79 Å². The summed E-state index contributed by atoms with van der Waals surface area (Å²) < 4.78 is 32.4. The lowest BCUT2D eigenvalue weighted by Crippen LogP contribution is -2.45. The molecular weight excluding hydrogens is 458 g/mol. The smallest absolute Gasteiger partial charge is 0.338 e. The Kier molecular flexibility index (Phi) is 8.13. The molecule has 3 amide bonds. The second kappa shape index (κ2) is 10.6. The molecule has 2 aliphatic rings. The maximum absolute atomic E-state index is 13.0. The van der Waals surface area contributed by atoms with E-state index in [-0.39, 0.29) is 27.4 Å². The Balaban J connectivity index is 1.59. The van der Waals surface area contributed by atoms with Crippen LogP contribution in [0.3, 0.4) is 0 Å². The van der Waals surface area contributed by atoms with Gasteiger partial charge in [-0.1, -0.05) is 31.4 Å². The Bertz CT molecular complexity index is 978. The lowest BCUT2D eigenvalue weighted by molar-refractivity contribution is -0.123. The molecule has 0 bridgehead atoms. The molecule has 1 aliphatic heterocycles. The second-order valence-electron chi connectivity index (χ2n) is 8.33. The molecule has 9 nitrogen and oxygen atoms in total. The number of nitrogens with zero attached hydrogens (tertiary/aromatic N) is 1. The molecule has 1 aliphatic carbocycles. The van der Waals surface area contributed by atoms with Crippen LogP contribution in [-0.2, 0) is 19.6 Å². The minimum absolute atomic E-state index is 0.00102. The van der Waals surface area contributed by atoms with E-state index in [0.29, 0.717) is 13.1 Å². The van der Waals surface area contributed by atoms with Crippen molar-refractivity contribution >= 4 is 39.5 Å². The Hall–Kier alpha value is -2.17. The number of amides is 3. The van der Waals surface area contributed by atoms with Gasteiger partial charge in [0, 0.05) is 19.1 Å². The number of sulfonamides is 1. The number of esters is 1. The van der Waals surface area contributed by atoms with Crippen molar-refractivity contribution in [3.8, 4) is 0 Å². The first-order chi connectivity index (χ1) is 15.2. The number of carbonyl (C=O) groups excluding carboxylic acids is 3. The number of urea groups is 1. The number of nitrogens with one attached hydrogen (secondary N) is 2. The minimum Gasteiger partial charge on any atom is -0.452 e. The third-order valence-corrected chi connectivity index (χ3v) is 8.03. The summed E-state index contributed by atoms with van der Waals surface area (Å²) in [5.74, 6) is -1.44. The Labute approximate surface area is 192 Å². The molecular formula is C21H28ClN3O6S. The number of carbonyl (C=O) groups is 3. The average molecular weight is 486 g/mol. The van der Waals surface area contributed by atoms with Gasteiger partial charge in [-0.2, -0.15) is 4.31 Å². The molecule has 1 aromatic carbocycles. The molecule has 11 heteroatoms. The largest absolute Gasteiger partial charge is 0.452 e. The quantitative estimate of drug-likeness (QED) is 0.597. The minimum atomic E-state index is -3.88. The van der Waals surface area contributed by atoms with E-state index in [0.717, 1.165) is 44.6 Å². The number of hydrogen-bond donors (Lipinski definition) is 2. The molecule has 176 valence electrons. The van der Waals surface area contributed by atoms with Gasteiger partial charge in [0.05, 0.1) is 10.6 Å². The van der Waals surface area contributed by atoms with Crippen LogP contribution in [0.25, 0.3) is 0 Å². The van der Waals surface area contributed by atoms with E-state index >= 15 is 0 Å². The number of piperidine rings is 1. The van der Waals surface area contributed by atoms with Crippen molar-refractivity contribution in [1.29, 1.82) is 0 Å². The first kappa shape index (κ1) is 24.5. The SMILES string of the molecule is CC1CCCN(S(=O)(=O)c2cc(C(=O)OCC(=O)NC(=O)NC3CCCC3)ccc2Cl)C1. The number of ether oxygens (including phenoxy) is 1. The van der Waals surface area contributed by atoms with Gasteiger partial charge in [0.2, 0.25) is 10.0 Å². The molecule has 1 saturated carbocycles. The normalized spacial score (nSPS) is 20.0. The molecule has 1 heterocycles. The third-order valence-electron chi connectivity index (χ3n) is 5.68. The predicted octanol–water partition coefficient (Wildman–Crippen LogP) is 2.69. The van der Waals surface area contributed by atoms with Gasteiger partial charge in [-0.05, 0) is 49.8 Å². The monoisotopic (exact) mass is 485 g/mol. The van der Waals surface area contributed by atoms with E-state index in [9.17, 15) is 22.8 Å². The van der Waals surface area contributed by atoms with Crippen molar-refractivity contribution < 1.29 is 27.5 Å². The molecule has 2 fully saturated rings. The highest BCUT2D eigenvalue weighted by Crippen LogP contribution is 2.29. The fourth-order valence-corrected chi connectivity index (χ4v) is 6.10. The van der Waals surface area contributed by atoms with Crippen LogP contribution in [0, 0.1) is 5.92 Å². The Morgan fingerprint density at radius 3 is 2.56 bits per heavy atom. The van der Waals surface area contributed by atoms with Crippen LogP contribution in [0.2, 0.25) is 5.02 Å². The first-order valence-corrected chi connectivity index (χ1v) is 12.6. The summed E-state index contributed by atoms with van der Waals surface area (Å²) in [5, 5.41) is 4.81. The summed E-state index contributed by atoms with van der Waals surface area (Å²) in [6, 6.07) is 3.21. The number of benzene rings is 1. The summed E-state index contributed by atoms with van der Waals surface area (Å²) >= 11 is 6.13. The molecule has 32 heavy (non-hydrogen) atoms. The van der Waals surface area contributed by atoms with Crippen molar-refractivity contribution in [3.63, 3.8) is 0 Å². The van der Waals surface area contributed by atoms with E-state index in [4.69, 9.17) is 16.3 Å². The summed E-state index contributed by atoms with van der Waals surface area (Å²) in [7, 11) is -3.88. The van der Waals surface area contributed by atoms with Gasteiger partial charge < -0.3 is 10.1 Å². The van der Waals surface area contributed by atoms with E-state index in [2.05, 4.69) is 10.6 Å². The van der Waals surface area contributed by atoms with Crippen LogP contribution < -0.4 is 10.6 Å². The number of halogens is 1. The molecule has 0 radical (unpaired) electrons. The summed E-state index contributed by atoms with van der Waals surface area (Å²) in [6.07, 6.45) is 5.51. The molecule has 0 spiro atoms. The zero-order valence-electron chi connectivity index (χ0n) is 17.9. The highest BCUT2D eigenvalue weighted by molar-refractivity contribution is 7.89. The lowest BCUT2D eigenvalue weighted by atomic mass is 10.0. The predicted molar refractivity (Wildman–Crippen MR) is 118 cm³/mol. The zero-order chi connectivity index (χ0) is 23.3. The molecule has 2 N–H and O–H groups in total. The topological polar surface area (TPSA) is 122 Å². The zero-order valence-corrected chi connectivity index (χ0v) is 19.5. The molecule has 0 aromatic heterocycles. The molecule has 1 aromatic rings. The lowest BCUT2D eigenvalue weighted by Gasteiger charge is -2.30. The van der Waals surface area contributed by atoms with Gasteiger partial charge in [-0.15, -0.1) is 0 Å². The van der Waals surface area contributed by atoms with Gasteiger partial charge in [0.1, 0.15) is 4.90 Å².